The summed E-state index contributed by atoms with van der Waals surface area (Å²) >= 11 is 0. The number of piperazine rings is 1. The maximum Gasteiger partial charge on any atom is 0.410 e. The molecule has 1 aliphatic heterocycles. The van der Waals surface area contributed by atoms with E-state index < -0.39 is 5.60 Å². The molecule has 5 nitrogen and oxygen atoms in total. The zero-order valence-electron chi connectivity index (χ0n) is 13.2. The van der Waals surface area contributed by atoms with Crippen LogP contribution in [0.3, 0.4) is 0 Å². The Morgan fingerprint density at radius 1 is 1.52 bits per heavy atom. The number of carbonyl (C=O) groups is 1. The van der Waals surface area contributed by atoms with E-state index in [0.29, 0.717) is 6.54 Å². The topological polar surface area (TPSA) is 54.7 Å². The van der Waals surface area contributed by atoms with Crippen LogP contribution in [0, 0.1) is 0 Å². The second-order valence-electron chi connectivity index (χ2n) is 6.30. The van der Waals surface area contributed by atoms with Gasteiger partial charge in [-0.1, -0.05) is 0 Å². The molecule has 1 N–H and O–H groups in total. The van der Waals surface area contributed by atoms with E-state index in [0.717, 1.165) is 24.4 Å². The van der Waals surface area contributed by atoms with Crippen LogP contribution in [-0.2, 0) is 4.74 Å². The predicted octanol–water partition coefficient (Wildman–Crippen LogP) is 2.89. The molecule has 1 aromatic rings. The van der Waals surface area contributed by atoms with E-state index in [1.165, 1.54) is 0 Å². The predicted molar refractivity (Wildman–Crippen MR) is 82.0 cm³/mol. The summed E-state index contributed by atoms with van der Waals surface area (Å²) in [6.45, 7) is 9.81. The number of hydrogen-bond donors (Lipinski definition) is 1. The van der Waals surface area contributed by atoms with Gasteiger partial charge >= 0.3 is 6.09 Å². The molecule has 5 heteroatoms. The smallest absolute Gasteiger partial charge is 0.410 e. The van der Waals surface area contributed by atoms with E-state index in [-0.39, 0.29) is 12.1 Å². The van der Waals surface area contributed by atoms with Crippen LogP contribution >= 0.6 is 0 Å². The number of amides is 1. The molecule has 0 radical (unpaired) electrons. The highest BCUT2D eigenvalue weighted by Gasteiger charge is 2.31. The van der Waals surface area contributed by atoms with Crippen molar-refractivity contribution >= 4 is 12.2 Å². The molecule has 116 valence electrons. The van der Waals surface area contributed by atoms with Crippen LogP contribution in [0.2, 0.25) is 0 Å². The molecule has 1 unspecified atom stereocenters. The van der Waals surface area contributed by atoms with Crippen molar-refractivity contribution in [3.63, 3.8) is 0 Å². The first-order chi connectivity index (χ1) is 9.87. The number of ether oxygens (including phenoxy) is 1. The molecule has 1 aliphatic rings. The average Bonchev–Trinajstić information content (AvgIpc) is 2.89. The minimum atomic E-state index is -0.481. The molecule has 1 amide bonds. The third-order valence-electron chi connectivity index (χ3n) is 3.31. The first-order valence-corrected chi connectivity index (χ1v) is 7.29. The van der Waals surface area contributed by atoms with Gasteiger partial charge in [0.05, 0.1) is 12.3 Å². The zero-order valence-corrected chi connectivity index (χ0v) is 13.2. The van der Waals surface area contributed by atoms with Gasteiger partial charge in [-0.05, 0) is 51.5 Å². The summed E-state index contributed by atoms with van der Waals surface area (Å²) in [5.41, 5.74) is 0.591. The van der Waals surface area contributed by atoms with Gasteiger partial charge in [-0.2, -0.15) is 0 Å². The fraction of sp³-hybridized carbons (Fsp3) is 0.562. The van der Waals surface area contributed by atoms with Crippen LogP contribution < -0.4 is 5.32 Å². The molecule has 1 fully saturated rings. The second-order valence-corrected chi connectivity index (χ2v) is 6.30. The average molecular weight is 292 g/mol. The molecule has 1 atom stereocenters. The van der Waals surface area contributed by atoms with Gasteiger partial charge in [-0.3, -0.25) is 4.90 Å². The van der Waals surface area contributed by atoms with Crippen LogP contribution in [-0.4, -0.2) is 42.3 Å². The van der Waals surface area contributed by atoms with Crippen LogP contribution in [0.4, 0.5) is 4.79 Å². The highest BCUT2D eigenvalue weighted by Crippen LogP contribution is 2.19. The van der Waals surface area contributed by atoms with Crippen LogP contribution in [0.15, 0.2) is 28.4 Å². The second kappa shape index (κ2) is 6.35. The van der Waals surface area contributed by atoms with Gasteiger partial charge in [0.1, 0.15) is 11.4 Å². The third kappa shape index (κ3) is 4.36. The quantitative estimate of drug-likeness (QED) is 0.910. The fourth-order valence-corrected chi connectivity index (χ4v) is 2.34. The van der Waals surface area contributed by atoms with Crippen molar-refractivity contribution in [1.29, 1.82) is 0 Å². The van der Waals surface area contributed by atoms with Gasteiger partial charge in [-0.25, -0.2) is 4.79 Å². The Bertz CT molecular complexity index is 500. The Morgan fingerprint density at radius 2 is 2.29 bits per heavy atom. The highest BCUT2D eigenvalue weighted by atomic mass is 16.6. The van der Waals surface area contributed by atoms with E-state index in [9.17, 15) is 4.79 Å². The Balaban J connectivity index is 2.13. The summed E-state index contributed by atoms with van der Waals surface area (Å²) in [6.07, 6.45) is 3.35. The van der Waals surface area contributed by atoms with Crippen molar-refractivity contribution in [2.24, 2.45) is 0 Å². The van der Waals surface area contributed by atoms with Gasteiger partial charge in [0, 0.05) is 19.6 Å². The number of furan rings is 1. The molecular weight excluding hydrogens is 268 g/mol. The largest absolute Gasteiger partial charge is 0.465 e. The van der Waals surface area contributed by atoms with E-state index in [4.69, 9.17) is 9.15 Å². The molecule has 0 saturated carbocycles. The molecule has 1 aromatic heterocycles. The first kappa shape index (κ1) is 15.6. The molecule has 0 spiro atoms. The van der Waals surface area contributed by atoms with Crippen LogP contribution in [0.5, 0.6) is 0 Å². The van der Waals surface area contributed by atoms with E-state index in [1.807, 2.05) is 45.9 Å². The Labute approximate surface area is 125 Å². The van der Waals surface area contributed by atoms with Gasteiger partial charge in [0.2, 0.25) is 0 Å². The van der Waals surface area contributed by atoms with Crippen molar-refractivity contribution in [2.45, 2.75) is 39.3 Å². The maximum atomic E-state index is 12.4. The molecule has 0 aliphatic carbocycles. The lowest BCUT2D eigenvalue weighted by Gasteiger charge is -2.37. The van der Waals surface area contributed by atoms with Gasteiger partial charge in [0.15, 0.2) is 0 Å². The van der Waals surface area contributed by atoms with Crippen molar-refractivity contribution in [2.75, 3.05) is 19.6 Å². The standard InChI is InChI=1S/C16H24N2O3/c1-12(10-13-6-5-9-20-13)14-11-17-7-8-18(14)15(19)21-16(2,3)4/h5-6,9-10,14,17H,7-8,11H2,1-4H3/b12-10-. The molecule has 1 saturated heterocycles. The number of hydrogen-bond acceptors (Lipinski definition) is 4. The van der Waals surface area contributed by atoms with E-state index in [2.05, 4.69) is 5.32 Å². The van der Waals surface area contributed by atoms with Gasteiger partial charge in [-0.15, -0.1) is 0 Å². The van der Waals surface area contributed by atoms with Crippen LogP contribution in [0.1, 0.15) is 33.5 Å². The summed E-state index contributed by atoms with van der Waals surface area (Å²) in [5, 5.41) is 3.32. The SMILES string of the molecule is C/C(=C/c1ccco1)C1CNCCN1C(=O)OC(C)(C)C. The van der Waals surface area contributed by atoms with E-state index in [1.54, 1.807) is 11.2 Å². The molecule has 0 bridgehead atoms. The van der Waals surface area contributed by atoms with Gasteiger partial charge in [0.25, 0.3) is 0 Å². The third-order valence-corrected chi connectivity index (χ3v) is 3.31. The molecule has 2 heterocycles. The summed E-state index contributed by atoms with van der Waals surface area (Å²) in [4.78, 5) is 14.1. The Morgan fingerprint density at radius 3 is 2.90 bits per heavy atom. The number of carbonyl (C=O) groups excluding carboxylic acids is 1. The maximum absolute atomic E-state index is 12.4. The lowest BCUT2D eigenvalue weighted by molar-refractivity contribution is 0.0158. The zero-order chi connectivity index (χ0) is 15.5. The Kier molecular flexibility index (Phi) is 4.73. The minimum Gasteiger partial charge on any atom is -0.465 e. The van der Waals surface area contributed by atoms with Crippen molar-refractivity contribution in [3.05, 3.63) is 29.7 Å². The van der Waals surface area contributed by atoms with Crippen molar-refractivity contribution in [1.82, 2.24) is 10.2 Å². The van der Waals surface area contributed by atoms with Crippen molar-refractivity contribution in [3.8, 4) is 0 Å². The van der Waals surface area contributed by atoms with Gasteiger partial charge < -0.3 is 14.5 Å². The summed E-state index contributed by atoms with van der Waals surface area (Å²) < 4.78 is 10.8. The lowest BCUT2D eigenvalue weighted by Crippen LogP contribution is -2.55. The summed E-state index contributed by atoms with van der Waals surface area (Å²) in [7, 11) is 0. The lowest BCUT2D eigenvalue weighted by atomic mass is 10.0. The minimum absolute atomic E-state index is 0.0151. The fourth-order valence-electron chi connectivity index (χ4n) is 2.34. The molecule has 21 heavy (non-hydrogen) atoms. The van der Waals surface area contributed by atoms with Crippen molar-refractivity contribution < 1.29 is 13.9 Å². The monoisotopic (exact) mass is 292 g/mol. The summed E-state index contributed by atoms with van der Waals surface area (Å²) in [5.74, 6) is 0.794. The molecule has 0 aromatic carbocycles. The highest BCUT2D eigenvalue weighted by molar-refractivity contribution is 5.70. The number of nitrogens with one attached hydrogen (secondary N) is 1. The molecule has 2 rings (SSSR count). The Hall–Kier alpha value is -1.75. The summed E-state index contributed by atoms with van der Waals surface area (Å²) in [6, 6.07) is 3.74. The number of nitrogens with zero attached hydrogens (tertiary/aromatic N) is 1. The van der Waals surface area contributed by atoms with Crippen LogP contribution in [0.25, 0.3) is 6.08 Å². The number of rotatable bonds is 2. The molecular formula is C16H24N2O3. The van der Waals surface area contributed by atoms with E-state index >= 15 is 0 Å². The normalized spacial score (nSPS) is 20.5. The first-order valence-electron chi connectivity index (χ1n) is 7.29.